The maximum atomic E-state index is 8.74. The van der Waals surface area contributed by atoms with Crippen LogP contribution >= 0.6 is 15.9 Å². The van der Waals surface area contributed by atoms with Gasteiger partial charge in [0.15, 0.2) is 0 Å². The van der Waals surface area contributed by atoms with E-state index >= 15 is 0 Å². The van der Waals surface area contributed by atoms with E-state index in [2.05, 4.69) is 34.2 Å². The van der Waals surface area contributed by atoms with E-state index in [1.165, 1.54) is 0 Å². The highest BCUT2D eigenvalue weighted by Crippen LogP contribution is 2.22. The molecular formula is C13H17BrN2O. The zero-order valence-corrected chi connectivity index (χ0v) is 11.6. The van der Waals surface area contributed by atoms with Crippen LogP contribution in [0, 0.1) is 11.3 Å². The largest absolute Gasteiger partial charge is 0.382 e. The van der Waals surface area contributed by atoms with Gasteiger partial charge in [0.1, 0.15) is 0 Å². The first-order chi connectivity index (χ1) is 8.27. The first-order valence-electron chi connectivity index (χ1n) is 5.79. The van der Waals surface area contributed by atoms with E-state index in [0.29, 0.717) is 12.2 Å². The minimum absolute atomic E-state index is 0.654. The van der Waals surface area contributed by atoms with Crippen molar-refractivity contribution in [2.75, 3.05) is 25.1 Å². The average Bonchev–Trinajstić information content (AvgIpc) is 2.35. The number of rotatable bonds is 7. The molecule has 0 spiro atoms. The van der Waals surface area contributed by atoms with E-state index < -0.39 is 0 Å². The van der Waals surface area contributed by atoms with E-state index in [1.807, 2.05) is 6.07 Å². The van der Waals surface area contributed by atoms with Crippen LogP contribution in [-0.4, -0.2) is 19.8 Å². The van der Waals surface area contributed by atoms with Crippen molar-refractivity contribution in [3.63, 3.8) is 0 Å². The number of benzene rings is 1. The number of halogens is 1. The molecule has 0 radical (unpaired) electrons. The van der Waals surface area contributed by atoms with Gasteiger partial charge in [-0.3, -0.25) is 0 Å². The third-order valence-corrected chi connectivity index (χ3v) is 2.96. The molecule has 0 atom stereocenters. The van der Waals surface area contributed by atoms with Crippen LogP contribution in [0.15, 0.2) is 22.7 Å². The van der Waals surface area contributed by atoms with Crippen LogP contribution in [0.1, 0.15) is 25.3 Å². The summed E-state index contributed by atoms with van der Waals surface area (Å²) in [4.78, 5) is 0. The van der Waals surface area contributed by atoms with Gasteiger partial charge >= 0.3 is 0 Å². The zero-order valence-electron chi connectivity index (χ0n) is 10.0. The molecule has 1 aromatic rings. The summed E-state index contributed by atoms with van der Waals surface area (Å²) in [7, 11) is 0. The van der Waals surface area contributed by atoms with Crippen molar-refractivity contribution in [1.29, 1.82) is 5.26 Å². The number of anilines is 1. The second-order valence-electron chi connectivity index (χ2n) is 3.70. The highest BCUT2D eigenvalue weighted by molar-refractivity contribution is 9.10. The SMILES string of the molecule is CCCCOCCNc1ccc(C#N)cc1Br. The van der Waals surface area contributed by atoms with Gasteiger partial charge in [-0.05, 0) is 40.5 Å². The lowest BCUT2D eigenvalue weighted by Gasteiger charge is -2.09. The van der Waals surface area contributed by atoms with Crippen molar-refractivity contribution in [1.82, 2.24) is 0 Å². The molecule has 0 aliphatic heterocycles. The maximum absolute atomic E-state index is 8.74. The lowest BCUT2D eigenvalue weighted by atomic mass is 10.2. The quantitative estimate of drug-likeness (QED) is 0.783. The van der Waals surface area contributed by atoms with Crippen molar-refractivity contribution in [2.24, 2.45) is 0 Å². The molecule has 17 heavy (non-hydrogen) atoms. The Hall–Kier alpha value is -1.05. The Kier molecular flexibility index (Phi) is 6.68. The molecule has 4 heteroatoms. The van der Waals surface area contributed by atoms with Crippen molar-refractivity contribution in [3.05, 3.63) is 28.2 Å². The smallest absolute Gasteiger partial charge is 0.0992 e. The van der Waals surface area contributed by atoms with Crippen molar-refractivity contribution < 1.29 is 4.74 Å². The van der Waals surface area contributed by atoms with E-state index in [9.17, 15) is 0 Å². The Labute approximate surface area is 111 Å². The summed E-state index contributed by atoms with van der Waals surface area (Å²) >= 11 is 3.43. The van der Waals surface area contributed by atoms with Gasteiger partial charge in [-0.2, -0.15) is 5.26 Å². The number of nitrogens with one attached hydrogen (secondary N) is 1. The molecule has 0 unspecified atom stereocenters. The number of ether oxygens (including phenoxy) is 1. The second kappa shape index (κ2) is 8.10. The second-order valence-corrected chi connectivity index (χ2v) is 4.55. The van der Waals surface area contributed by atoms with Crippen molar-refractivity contribution in [2.45, 2.75) is 19.8 Å². The molecule has 0 aliphatic rings. The molecule has 0 fully saturated rings. The first kappa shape index (κ1) is 14.0. The summed E-state index contributed by atoms with van der Waals surface area (Å²) in [6, 6.07) is 7.60. The lowest BCUT2D eigenvalue weighted by molar-refractivity contribution is 0.141. The highest BCUT2D eigenvalue weighted by Gasteiger charge is 2.00. The number of nitriles is 1. The topological polar surface area (TPSA) is 45.0 Å². The number of nitrogens with zero attached hydrogens (tertiary/aromatic N) is 1. The molecule has 0 aromatic heterocycles. The molecule has 0 bridgehead atoms. The van der Waals surface area contributed by atoms with Crippen molar-refractivity contribution in [3.8, 4) is 6.07 Å². The zero-order chi connectivity index (χ0) is 12.5. The summed E-state index contributed by atoms with van der Waals surface area (Å²) < 4.78 is 6.36. The van der Waals surface area contributed by atoms with E-state index in [4.69, 9.17) is 10.00 Å². The molecule has 0 saturated heterocycles. The monoisotopic (exact) mass is 296 g/mol. The Morgan fingerprint density at radius 3 is 2.88 bits per heavy atom. The third-order valence-electron chi connectivity index (χ3n) is 2.30. The van der Waals surface area contributed by atoms with Crippen LogP contribution in [0.3, 0.4) is 0 Å². The summed E-state index contributed by atoms with van der Waals surface area (Å²) in [5.41, 5.74) is 1.64. The molecule has 0 aliphatic carbocycles. The van der Waals surface area contributed by atoms with Crippen LogP contribution in [0.5, 0.6) is 0 Å². The minimum Gasteiger partial charge on any atom is -0.382 e. The number of hydrogen-bond acceptors (Lipinski definition) is 3. The first-order valence-corrected chi connectivity index (χ1v) is 6.58. The molecule has 1 rings (SSSR count). The third kappa shape index (κ3) is 5.20. The van der Waals surface area contributed by atoms with E-state index in [-0.39, 0.29) is 0 Å². The highest BCUT2D eigenvalue weighted by atomic mass is 79.9. The predicted octanol–water partition coefficient (Wildman–Crippen LogP) is 3.55. The molecular weight excluding hydrogens is 280 g/mol. The molecule has 3 nitrogen and oxygen atoms in total. The fraction of sp³-hybridized carbons (Fsp3) is 0.462. The van der Waals surface area contributed by atoms with Gasteiger partial charge in [-0.25, -0.2) is 0 Å². The normalized spacial score (nSPS) is 9.94. The van der Waals surface area contributed by atoms with Crippen LogP contribution in [0.4, 0.5) is 5.69 Å². The Morgan fingerprint density at radius 2 is 2.24 bits per heavy atom. The predicted molar refractivity (Wildman–Crippen MR) is 73.1 cm³/mol. The fourth-order valence-electron chi connectivity index (χ4n) is 1.33. The standard InChI is InChI=1S/C13H17BrN2O/c1-2-3-7-17-8-6-16-13-5-4-11(10-15)9-12(13)14/h4-5,9,16H,2-3,6-8H2,1H3. The summed E-state index contributed by atoms with van der Waals surface area (Å²) in [5.74, 6) is 0. The molecule has 1 N–H and O–H groups in total. The van der Waals surface area contributed by atoms with Crippen LogP contribution in [-0.2, 0) is 4.74 Å². The Balaban J connectivity index is 2.30. The lowest BCUT2D eigenvalue weighted by Crippen LogP contribution is -2.10. The molecule has 0 heterocycles. The van der Waals surface area contributed by atoms with Crippen LogP contribution in [0.25, 0.3) is 0 Å². The van der Waals surface area contributed by atoms with Gasteiger partial charge < -0.3 is 10.1 Å². The molecule has 92 valence electrons. The summed E-state index contributed by atoms with van der Waals surface area (Å²) in [6.07, 6.45) is 2.27. The average molecular weight is 297 g/mol. The minimum atomic E-state index is 0.654. The van der Waals surface area contributed by atoms with Gasteiger partial charge in [0.05, 0.1) is 18.2 Å². The molecule has 0 saturated carbocycles. The molecule has 1 aromatic carbocycles. The van der Waals surface area contributed by atoms with Crippen LogP contribution in [0.2, 0.25) is 0 Å². The molecule has 0 amide bonds. The van der Waals surface area contributed by atoms with E-state index in [0.717, 1.165) is 36.2 Å². The Morgan fingerprint density at radius 1 is 1.41 bits per heavy atom. The number of unbranched alkanes of at least 4 members (excludes halogenated alkanes) is 1. The number of hydrogen-bond donors (Lipinski definition) is 1. The van der Waals surface area contributed by atoms with E-state index in [1.54, 1.807) is 12.1 Å². The summed E-state index contributed by atoms with van der Waals surface area (Å²) in [5, 5.41) is 12.0. The fourth-order valence-corrected chi connectivity index (χ4v) is 1.85. The van der Waals surface area contributed by atoms with Gasteiger partial charge in [0.25, 0.3) is 0 Å². The summed E-state index contributed by atoms with van der Waals surface area (Å²) in [6.45, 7) is 4.45. The van der Waals surface area contributed by atoms with Gasteiger partial charge in [0, 0.05) is 23.3 Å². The van der Waals surface area contributed by atoms with Crippen LogP contribution < -0.4 is 5.32 Å². The van der Waals surface area contributed by atoms with Gasteiger partial charge in [-0.1, -0.05) is 13.3 Å². The Bertz CT molecular complexity index is 387. The van der Waals surface area contributed by atoms with Crippen molar-refractivity contribution >= 4 is 21.6 Å². The van der Waals surface area contributed by atoms with Gasteiger partial charge in [0.2, 0.25) is 0 Å². The van der Waals surface area contributed by atoms with Gasteiger partial charge in [-0.15, -0.1) is 0 Å². The maximum Gasteiger partial charge on any atom is 0.0992 e.